The monoisotopic (exact) mass is 2070 g/mol. The van der Waals surface area contributed by atoms with Gasteiger partial charge >= 0.3 is 79.1 Å². The zero-order valence-corrected chi connectivity index (χ0v) is 92.2. The molecule has 820 valence electrons. The molecule has 2 aromatic rings. The van der Waals surface area contributed by atoms with Crippen molar-refractivity contribution in [3.8, 4) is 34.1 Å². The smallest absolute Gasteiger partial charge is 0.478 e. The highest BCUT2D eigenvalue weighted by atomic mass is 16.6. The SMILES string of the molecule is C=C(OCCNC(=NC(=O)OC(C)(C)C)NC(=O)OC(C)(C)C)C(OCCNC(=NC(=O)OC(C)(C)C)NC(=O)OC(C)(C)C)=C(C=CC)c1ccc(-c2cccc(OCCNC(NC(=O)OC(C)(C)C)=[N+](C)C(=O)OC(C)(C)C)c2OCCNC(=NC(=O)OC(C)(C)C)NC(=O)OC(C)(C)C)c(OCCNC(=NC(=O)OC(C)(C)C)NC(=O)OC(C)(C)C)c1OCCNC(=NC(=O)OC(C)(C)C)NC(=O)OC(C)(C)C. The van der Waals surface area contributed by atoms with Crippen molar-refractivity contribution in [2.75, 3.05) is 86.0 Å². The summed E-state index contributed by atoms with van der Waals surface area (Å²) in [5, 5.41) is 32.4. The summed E-state index contributed by atoms with van der Waals surface area (Å²) in [6.45, 7) is 59.4. The molecule has 2 aromatic carbocycles. The van der Waals surface area contributed by atoms with E-state index in [4.69, 9.17) is 85.3 Å². The van der Waals surface area contributed by atoms with E-state index in [0.717, 1.165) is 4.58 Å². The lowest BCUT2D eigenvalue weighted by Gasteiger charge is -2.25. The third kappa shape index (κ3) is 59.7. The molecule has 0 spiro atoms. The fraction of sp³-hybridized carbons (Fsp3) is 0.633. The largest absolute Gasteiger partial charge is 0.488 e. The van der Waals surface area contributed by atoms with E-state index < -0.39 is 210 Å². The Labute approximate surface area is 856 Å². The molecule has 0 aliphatic rings. The number of hydrogen-bond acceptors (Lipinski definition) is 30. The average molecular weight is 2070 g/mol. The van der Waals surface area contributed by atoms with Crippen LogP contribution in [0.2, 0.25) is 0 Å². The van der Waals surface area contributed by atoms with E-state index in [2.05, 4.69) is 95.3 Å². The molecule has 2 rings (SSSR count). The van der Waals surface area contributed by atoms with Gasteiger partial charge in [-0.15, -0.1) is 25.0 Å². The van der Waals surface area contributed by atoms with Crippen LogP contribution in [0, 0.1) is 0 Å². The van der Waals surface area contributed by atoms with Crippen LogP contribution >= 0.6 is 0 Å². The summed E-state index contributed by atoms with van der Waals surface area (Å²) in [6.07, 6.45) is -9.52. The number of hydrogen-bond donors (Lipinski definition) is 12. The number of ether oxygens (including phenoxy) is 18. The number of aliphatic imine (C=N–C) groups is 5. The van der Waals surface area contributed by atoms with E-state index >= 15 is 0 Å². The minimum Gasteiger partial charge on any atom is -0.488 e. The van der Waals surface area contributed by atoms with Crippen LogP contribution in [0.15, 0.2) is 85.5 Å². The third-order valence-electron chi connectivity index (χ3n) is 15.1. The summed E-state index contributed by atoms with van der Waals surface area (Å²) in [5.74, 6) is -3.63. The molecular weight excluding hydrogens is 1910 g/mol. The highest BCUT2D eigenvalue weighted by Gasteiger charge is 2.34. The van der Waals surface area contributed by atoms with Gasteiger partial charge in [-0.1, -0.05) is 30.9 Å². The number of para-hydroxylation sites is 1. The predicted octanol–water partition coefficient (Wildman–Crippen LogP) is 15.8. The van der Waals surface area contributed by atoms with Gasteiger partial charge in [0.15, 0.2) is 34.5 Å². The summed E-state index contributed by atoms with van der Waals surface area (Å²) in [5.41, 5.74) is -12.5. The van der Waals surface area contributed by atoms with Crippen molar-refractivity contribution in [3.63, 3.8) is 0 Å². The maximum absolute atomic E-state index is 13.8. The normalized spacial score (nSPS) is 13.3. The Hall–Kier alpha value is -14.3. The van der Waals surface area contributed by atoms with Crippen molar-refractivity contribution in [3.05, 3.63) is 66.1 Å². The molecule has 0 heterocycles. The first-order valence-electron chi connectivity index (χ1n) is 47.0. The lowest BCUT2D eigenvalue weighted by Crippen LogP contribution is -2.50. The van der Waals surface area contributed by atoms with Gasteiger partial charge in [0.1, 0.15) is 107 Å². The molecule has 0 saturated heterocycles. The van der Waals surface area contributed by atoms with Gasteiger partial charge in [-0.25, -0.2) is 57.5 Å². The summed E-state index contributed by atoms with van der Waals surface area (Å²) in [7, 11) is 1.34. The van der Waals surface area contributed by atoms with Crippen LogP contribution in [-0.4, -0.2) is 267 Å². The molecule has 0 saturated carbocycles. The van der Waals surface area contributed by atoms with Gasteiger partial charge < -0.3 is 112 Å². The van der Waals surface area contributed by atoms with Crippen molar-refractivity contribution in [2.24, 2.45) is 25.0 Å². The van der Waals surface area contributed by atoms with Crippen LogP contribution in [-0.2, 0) is 66.3 Å². The van der Waals surface area contributed by atoms with Gasteiger partial charge in [0.2, 0.25) is 29.8 Å². The molecular formula is C98H159N18O30+. The van der Waals surface area contributed by atoms with Crippen molar-refractivity contribution < 1.29 is 147 Å². The Balaban J connectivity index is 3.87. The Kier molecular flexibility index (Phi) is 48.8. The number of rotatable bonds is 28. The van der Waals surface area contributed by atoms with Crippen LogP contribution in [0.1, 0.15) is 262 Å². The number of guanidine groups is 6. The zero-order chi connectivity index (χ0) is 112. The molecule has 0 unspecified atom stereocenters. The summed E-state index contributed by atoms with van der Waals surface area (Å²) < 4.78 is 109. The summed E-state index contributed by atoms with van der Waals surface area (Å²) >= 11 is 0. The van der Waals surface area contributed by atoms with Crippen molar-refractivity contribution in [1.29, 1.82) is 0 Å². The van der Waals surface area contributed by atoms with Gasteiger partial charge in [0.05, 0.1) is 46.3 Å². The lowest BCUT2D eigenvalue weighted by atomic mass is 9.95. The number of amides is 12. The molecule has 0 fully saturated rings. The van der Waals surface area contributed by atoms with Gasteiger partial charge in [-0.05, 0) is 274 Å². The minimum absolute atomic E-state index is 0.0175. The highest BCUT2D eigenvalue weighted by Crippen LogP contribution is 2.49. The van der Waals surface area contributed by atoms with Gasteiger partial charge in [-0.2, -0.15) is 9.89 Å². The topological polar surface area (TPSA) is 580 Å². The number of nitrogens with zero attached hydrogens (tertiary/aromatic N) is 6. The molecule has 0 aliphatic carbocycles. The maximum Gasteiger partial charge on any atom is 0.478 e. The van der Waals surface area contributed by atoms with E-state index in [1.165, 1.54) is 13.1 Å². The molecule has 146 heavy (non-hydrogen) atoms. The Morgan fingerprint density at radius 3 is 0.863 bits per heavy atom. The van der Waals surface area contributed by atoms with Gasteiger partial charge in [0, 0.05) is 22.3 Å². The summed E-state index contributed by atoms with van der Waals surface area (Å²) in [4.78, 5) is 183. The molecule has 48 heteroatoms. The fourth-order valence-electron chi connectivity index (χ4n) is 10.6. The first-order valence-corrected chi connectivity index (χ1v) is 47.0. The van der Waals surface area contributed by atoms with Crippen LogP contribution in [0.4, 0.5) is 57.5 Å². The Bertz CT molecular complexity index is 5090. The first kappa shape index (κ1) is 128. The first-order chi connectivity index (χ1) is 66.5. The number of benzene rings is 2. The number of nitrogens with one attached hydrogen (secondary N) is 12. The third-order valence-corrected chi connectivity index (χ3v) is 15.1. The van der Waals surface area contributed by atoms with Crippen molar-refractivity contribution >= 4 is 114 Å². The lowest BCUT2D eigenvalue weighted by molar-refractivity contribution is -0.423. The van der Waals surface area contributed by atoms with Gasteiger partial charge in [-0.3, -0.25) is 31.9 Å². The van der Waals surface area contributed by atoms with E-state index in [1.54, 1.807) is 293 Å². The van der Waals surface area contributed by atoms with Gasteiger partial charge in [0.25, 0.3) is 0 Å². The van der Waals surface area contributed by atoms with E-state index in [0.29, 0.717) is 0 Å². The zero-order valence-electron chi connectivity index (χ0n) is 92.2. The van der Waals surface area contributed by atoms with Crippen molar-refractivity contribution in [1.82, 2.24) is 63.8 Å². The van der Waals surface area contributed by atoms with E-state index in [1.807, 2.05) is 0 Å². The molecule has 12 amide bonds. The Morgan fingerprint density at radius 1 is 0.301 bits per heavy atom. The number of carbonyl (C=O) groups is 12. The molecule has 12 N–H and O–H groups in total. The molecule has 0 atom stereocenters. The Morgan fingerprint density at radius 2 is 0.562 bits per heavy atom. The van der Waals surface area contributed by atoms with Crippen LogP contribution < -0.4 is 82.7 Å². The van der Waals surface area contributed by atoms with Crippen LogP contribution in [0.25, 0.3) is 16.7 Å². The van der Waals surface area contributed by atoms with Crippen LogP contribution in [0.5, 0.6) is 23.0 Å². The maximum atomic E-state index is 13.8. The van der Waals surface area contributed by atoms with E-state index in [9.17, 15) is 57.5 Å². The highest BCUT2D eigenvalue weighted by molar-refractivity contribution is 6.02. The molecule has 48 nitrogen and oxygen atoms in total. The van der Waals surface area contributed by atoms with Crippen molar-refractivity contribution in [2.45, 2.75) is 323 Å². The van der Waals surface area contributed by atoms with E-state index in [-0.39, 0.29) is 102 Å². The molecule has 0 radical (unpaired) electrons. The fourth-order valence-corrected chi connectivity index (χ4v) is 10.6. The summed E-state index contributed by atoms with van der Waals surface area (Å²) in [6, 6.07) is 7.78. The number of allylic oxidation sites excluding steroid dienone is 3. The molecule has 0 aromatic heterocycles. The second kappa shape index (κ2) is 55.7. The predicted molar refractivity (Wildman–Crippen MR) is 547 cm³/mol. The minimum atomic E-state index is -1.15. The number of carbonyl (C=O) groups excluding carboxylic acids is 12. The standard InChI is InChI=1S/C98H158N18O30/c1-40-42-60(65(131-55-48-100-70(107-77(119)137-89(9,10)11)108-78(120)138-90(12,13)14)59(2)129-53-47-99-69(105-75(117)135-87(3,4)5)106-76(118)136-88(6,7)8)62-45-46-63(68(134-58-51-103-73(113-83(125)143-95(27,28)29)114-84(126)144-96(30,31)32)67(62)133-57-50-102-72(111-81(123)141-93(21,22)23)112-82(124)142-94(24,25)26)61-43-41-44-64(130-54-52-104-74(115-85(127)145-97(33,34)35)116(39)86(128)146-98(36,37)38)66(61)132-56-49-101-71(109-79(121)139-91(15,16)17)110-80(122)140-92(18,19)20/h40-46H,2,47-58H2,1,3-39H3,(H11,99,100,101,102,103,104,105,106,107,108,109,110,111,112,113,114,115,117,118,119,120,121,122,123,124,125,126,127)/p+1. The second-order valence-corrected chi connectivity index (χ2v) is 43.6. The number of alkyl carbamates (subject to hydrolysis) is 6. The second-order valence-electron chi connectivity index (χ2n) is 43.6. The molecule has 0 aliphatic heterocycles. The van der Waals surface area contributed by atoms with Crippen LogP contribution in [0.3, 0.4) is 0 Å². The molecule has 0 bridgehead atoms. The quantitative estimate of drug-likeness (QED) is 0.00716. The average Bonchev–Trinajstić information content (AvgIpc) is 0.764.